The van der Waals surface area contributed by atoms with E-state index in [1.807, 2.05) is 50.2 Å². The van der Waals surface area contributed by atoms with E-state index in [2.05, 4.69) is 11.9 Å². The second-order valence-corrected chi connectivity index (χ2v) is 5.65. The van der Waals surface area contributed by atoms with Gasteiger partial charge in [-0.05, 0) is 44.5 Å². The highest BCUT2D eigenvalue weighted by Gasteiger charge is 2.16. The number of hydrogen-bond donors (Lipinski definition) is 1. The molecule has 1 amide bonds. The number of carbonyl (C=O) groups excluding carboxylic acids is 1. The van der Waals surface area contributed by atoms with Crippen LogP contribution in [0.5, 0.6) is 11.5 Å². The summed E-state index contributed by atoms with van der Waals surface area (Å²) in [5.74, 6) is 1.18. The summed E-state index contributed by atoms with van der Waals surface area (Å²) in [7, 11) is 0. The van der Waals surface area contributed by atoms with E-state index in [0.717, 1.165) is 11.1 Å². The zero-order valence-electron chi connectivity index (χ0n) is 14.3. The van der Waals surface area contributed by atoms with E-state index in [1.165, 1.54) is 0 Å². The summed E-state index contributed by atoms with van der Waals surface area (Å²) in [6.07, 6.45) is 1.06. The summed E-state index contributed by atoms with van der Waals surface area (Å²) < 4.78 is 11.2. The molecule has 126 valence electrons. The van der Waals surface area contributed by atoms with Gasteiger partial charge in [0, 0.05) is 11.8 Å². The van der Waals surface area contributed by atoms with E-state index in [1.54, 1.807) is 19.1 Å². The first kappa shape index (κ1) is 17.6. The molecule has 0 unspecified atom stereocenters. The Labute approximate surface area is 143 Å². The number of carbonyl (C=O) groups is 1. The van der Waals surface area contributed by atoms with E-state index >= 15 is 0 Å². The van der Waals surface area contributed by atoms with Gasteiger partial charge in [0.2, 0.25) is 0 Å². The van der Waals surface area contributed by atoms with Crippen LogP contribution in [0.2, 0.25) is 0 Å². The Bertz CT molecular complexity index is 725. The van der Waals surface area contributed by atoms with Crippen molar-refractivity contribution in [1.29, 1.82) is 0 Å². The van der Waals surface area contributed by atoms with E-state index in [4.69, 9.17) is 9.47 Å². The van der Waals surface area contributed by atoms with Gasteiger partial charge in [-0.2, -0.15) is 0 Å². The van der Waals surface area contributed by atoms with Gasteiger partial charge in [0.25, 0.3) is 5.91 Å². The fraction of sp³-hybridized carbons (Fsp3) is 0.250. The van der Waals surface area contributed by atoms with Gasteiger partial charge in [0.1, 0.15) is 18.1 Å². The van der Waals surface area contributed by atoms with Crippen LogP contribution in [0.15, 0.2) is 55.1 Å². The second kappa shape index (κ2) is 8.20. The molecule has 0 saturated heterocycles. The minimum Gasteiger partial charge on any atom is -0.489 e. The lowest BCUT2D eigenvalue weighted by atomic mass is 10.1. The highest BCUT2D eigenvalue weighted by atomic mass is 16.5. The Morgan fingerprint density at radius 3 is 2.75 bits per heavy atom. The molecular formula is C20H23NO3. The van der Waals surface area contributed by atoms with Crippen molar-refractivity contribution in [1.82, 2.24) is 0 Å². The number of ether oxygens (including phenoxy) is 2. The predicted octanol–water partition coefficient (Wildman–Crippen LogP) is 4.27. The quantitative estimate of drug-likeness (QED) is 0.773. The summed E-state index contributed by atoms with van der Waals surface area (Å²) in [4.78, 5) is 12.3. The Balaban J connectivity index is 1.99. The average molecular weight is 325 g/mol. The van der Waals surface area contributed by atoms with Gasteiger partial charge in [-0.15, -0.1) is 0 Å². The Morgan fingerprint density at radius 1 is 1.25 bits per heavy atom. The minimum absolute atomic E-state index is 0.212. The lowest BCUT2D eigenvalue weighted by Gasteiger charge is -2.17. The van der Waals surface area contributed by atoms with Crippen LogP contribution < -0.4 is 14.8 Å². The topological polar surface area (TPSA) is 47.6 Å². The molecule has 0 spiro atoms. The third-order valence-electron chi connectivity index (χ3n) is 3.47. The standard InChI is InChI=1S/C20H23NO3/c1-5-11-23-18-8-6-7-17(13-18)21-20(22)16(4)24-19-10-9-14(2)12-15(19)3/h5-10,12-13,16H,1,11H2,2-4H3,(H,21,22)/t16-/m0/s1. The summed E-state index contributed by atoms with van der Waals surface area (Å²) in [6.45, 7) is 9.75. The molecule has 0 radical (unpaired) electrons. The lowest BCUT2D eigenvalue weighted by molar-refractivity contribution is -0.122. The third-order valence-corrected chi connectivity index (χ3v) is 3.47. The van der Waals surface area contributed by atoms with Crippen LogP contribution in [0.4, 0.5) is 5.69 Å². The summed E-state index contributed by atoms with van der Waals surface area (Å²) in [5.41, 5.74) is 2.83. The molecule has 2 aromatic carbocycles. The van der Waals surface area contributed by atoms with Crippen LogP contribution in [-0.2, 0) is 4.79 Å². The molecule has 0 heterocycles. The Morgan fingerprint density at radius 2 is 2.04 bits per heavy atom. The van der Waals surface area contributed by atoms with Crippen LogP contribution in [0.3, 0.4) is 0 Å². The maximum atomic E-state index is 12.3. The van der Waals surface area contributed by atoms with Crippen molar-refractivity contribution in [2.24, 2.45) is 0 Å². The number of benzene rings is 2. The molecule has 0 aliphatic carbocycles. The molecule has 0 aliphatic heterocycles. The molecule has 0 fully saturated rings. The van der Waals surface area contributed by atoms with E-state index in [9.17, 15) is 4.79 Å². The maximum Gasteiger partial charge on any atom is 0.265 e. The highest BCUT2D eigenvalue weighted by Crippen LogP contribution is 2.21. The molecule has 0 bridgehead atoms. The van der Waals surface area contributed by atoms with Crippen LogP contribution in [0.1, 0.15) is 18.1 Å². The highest BCUT2D eigenvalue weighted by molar-refractivity contribution is 5.94. The minimum atomic E-state index is -0.607. The number of rotatable bonds is 7. The number of nitrogens with one attached hydrogen (secondary N) is 1. The van der Waals surface area contributed by atoms with Crippen molar-refractivity contribution in [2.75, 3.05) is 11.9 Å². The Hall–Kier alpha value is -2.75. The van der Waals surface area contributed by atoms with Gasteiger partial charge in [-0.1, -0.05) is 36.4 Å². The Kier molecular flexibility index (Phi) is 6.01. The second-order valence-electron chi connectivity index (χ2n) is 5.65. The molecule has 1 N–H and O–H groups in total. The van der Waals surface area contributed by atoms with E-state index < -0.39 is 6.10 Å². The molecule has 4 nitrogen and oxygen atoms in total. The summed E-state index contributed by atoms with van der Waals surface area (Å²) in [6, 6.07) is 13.1. The van der Waals surface area contributed by atoms with Gasteiger partial charge < -0.3 is 14.8 Å². The zero-order chi connectivity index (χ0) is 17.5. The first-order valence-corrected chi connectivity index (χ1v) is 7.88. The van der Waals surface area contributed by atoms with Crippen LogP contribution in [0, 0.1) is 13.8 Å². The molecule has 4 heteroatoms. The monoisotopic (exact) mass is 325 g/mol. The fourth-order valence-corrected chi connectivity index (χ4v) is 2.24. The first-order valence-electron chi connectivity index (χ1n) is 7.88. The van der Waals surface area contributed by atoms with E-state index in [0.29, 0.717) is 23.8 Å². The van der Waals surface area contributed by atoms with Gasteiger partial charge in [-0.3, -0.25) is 4.79 Å². The van der Waals surface area contributed by atoms with Gasteiger partial charge >= 0.3 is 0 Å². The van der Waals surface area contributed by atoms with Gasteiger partial charge in [-0.25, -0.2) is 0 Å². The molecule has 0 saturated carbocycles. The molecule has 0 aliphatic rings. The molecule has 2 aromatic rings. The van der Waals surface area contributed by atoms with Crippen LogP contribution >= 0.6 is 0 Å². The van der Waals surface area contributed by atoms with Crippen LogP contribution in [0.25, 0.3) is 0 Å². The third kappa shape index (κ3) is 4.88. The predicted molar refractivity (Wildman–Crippen MR) is 96.8 cm³/mol. The average Bonchev–Trinajstić information content (AvgIpc) is 2.55. The molecule has 0 aromatic heterocycles. The normalized spacial score (nSPS) is 11.5. The maximum absolute atomic E-state index is 12.3. The van der Waals surface area contributed by atoms with Gasteiger partial charge in [0.15, 0.2) is 6.10 Å². The van der Waals surface area contributed by atoms with Crippen molar-refractivity contribution in [2.45, 2.75) is 26.9 Å². The van der Waals surface area contributed by atoms with Crippen molar-refractivity contribution in [3.05, 3.63) is 66.2 Å². The smallest absolute Gasteiger partial charge is 0.265 e. The zero-order valence-corrected chi connectivity index (χ0v) is 14.3. The van der Waals surface area contributed by atoms with Gasteiger partial charge in [0.05, 0.1) is 0 Å². The molecular weight excluding hydrogens is 302 g/mol. The summed E-state index contributed by atoms with van der Waals surface area (Å²) >= 11 is 0. The number of aryl methyl sites for hydroxylation is 2. The number of anilines is 1. The number of hydrogen-bond acceptors (Lipinski definition) is 3. The van der Waals surface area contributed by atoms with Crippen molar-refractivity contribution >= 4 is 11.6 Å². The first-order chi connectivity index (χ1) is 11.5. The fourth-order valence-electron chi connectivity index (χ4n) is 2.24. The summed E-state index contributed by atoms with van der Waals surface area (Å²) in [5, 5.41) is 2.84. The number of amides is 1. The SMILES string of the molecule is C=CCOc1cccc(NC(=O)[C@H](C)Oc2ccc(C)cc2C)c1. The molecule has 1 atom stereocenters. The van der Waals surface area contributed by atoms with E-state index in [-0.39, 0.29) is 5.91 Å². The van der Waals surface area contributed by atoms with Crippen molar-refractivity contribution < 1.29 is 14.3 Å². The van der Waals surface area contributed by atoms with Crippen molar-refractivity contribution in [3.63, 3.8) is 0 Å². The lowest BCUT2D eigenvalue weighted by Crippen LogP contribution is -2.30. The van der Waals surface area contributed by atoms with Crippen molar-refractivity contribution in [3.8, 4) is 11.5 Å². The van der Waals surface area contributed by atoms with Crippen LogP contribution in [-0.4, -0.2) is 18.6 Å². The molecule has 24 heavy (non-hydrogen) atoms. The largest absolute Gasteiger partial charge is 0.489 e. The molecule has 2 rings (SSSR count).